The van der Waals surface area contributed by atoms with E-state index in [0.717, 1.165) is 11.1 Å². The van der Waals surface area contributed by atoms with Crippen LogP contribution < -0.4 is 15.8 Å². The third-order valence-corrected chi connectivity index (χ3v) is 3.20. The Hall–Kier alpha value is -2.47. The molecular formula is C17H18F2N2O2. The van der Waals surface area contributed by atoms with Gasteiger partial charge in [-0.25, -0.2) is 8.78 Å². The van der Waals surface area contributed by atoms with Crippen LogP contribution in [0.5, 0.6) is 5.75 Å². The normalized spacial score (nSPS) is 12.1. The van der Waals surface area contributed by atoms with E-state index in [2.05, 4.69) is 5.32 Å². The maximum atomic E-state index is 12.2. The average Bonchev–Trinajstić information content (AvgIpc) is 2.54. The first-order chi connectivity index (χ1) is 11.1. The van der Waals surface area contributed by atoms with Gasteiger partial charge in [0, 0.05) is 6.54 Å². The Balaban J connectivity index is 2.01. The largest absolute Gasteiger partial charge is 0.488 e. The maximum absolute atomic E-state index is 12.2. The van der Waals surface area contributed by atoms with Gasteiger partial charge >= 0.3 is 0 Å². The number of alkyl halides is 2. The highest BCUT2D eigenvalue weighted by Gasteiger charge is 2.16. The van der Waals surface area contributed by atoms with Crippen LogP contribution in [0.2, 0.25) is 0 Å². The summed E-state index contributed by atoms with van der Waals surface area (Å²) in [7, 11) is 0. The minimum atomic E-state index is -2.52. The van der Waals surface area contributed by atoms with E-state index >= 15 is 0 Å². The first-order valence-corrected chi connectivity index (χ1v) is 7.14. The number of nitrogens with two attached hydrogens (primary N) is 1. The summed E-state index contributed by atoms with van der Waals surface area (Å²) in [4.78, 5) is 11.6. The van der Waals surface area contributed by atoms with Crippen molar-refractivity contribution in [3.63, 3.8) is 0 Å². The van der Waals surface area contributed by atoms with Gasteiger partial charge in [0.15, 0.2) is 0 Å². The number of primary amides is 1. The molecule has 1 atom stereocenters. The molecule has 0 aliphatic rings. The van der Waals surface area contributed by atoms with Crippen molar-refractivity contribution in [3.05, 3.63) is 65.7 Å². The van der Waals surface area contributed by atoms with Gasteiger partial charge in [0.05, 0.1) is 0 Å². The minimum absolute atomic E-state index is 0.356. The lowest BCUT2D eigenvalue weighted by Crippen LogP contribution is -2.33. The highest BCUT2D eigenvalue weighted by atomic mass is 19.3. The molecule has 0 bridgehead atoms. The molecule has 0 aliphatic heterocycles. The van der Waals surface area contributed by atoms with Crippen molar-refractivity contribution in [1.29, 1.82) is 0 Å². The van der Waals surface area contributed by atoms with Crippen molar-refractivity contribution in [2.24, 2.45) is 5.73 Å². The van der Waals surface area contributed by atoms with Crippen LogP contribution in [0.4, 0.5) is 8.78 Å². The fourth-order valence-corrected chi connectivity index (χ4v) is 2.15. The van der Waals surface area contributed by atoms with Crippen LogP contribution in [0.25, 0.3) is 0 Å². The quantitative estimate of drug-likeness (QED) is 0.786. The van der Waals surface area contributed by atoms with Gasteiger partial charge < -0.3 is 10.5 Å². The van der Waals surface area contributed by atoms with Crippen LogP contribution >= 0.6 is 0 Å². The number of nitrogens with one attached hydrogen (secondary N) is 1. The summed E-state index contributed by atoms with van der Waals surface area (Å²) < 4.78 is 29.3. The second-order valence-corrected chi connectivity index (χ2v) is 4.98. The van der Waals surface area contributed by atoms with E-state index in [-0.39, 0.29) is 0 Å². The number of ether oxygens (including phenoxy) is 1. The number of hydrogen-bond acceptors (Lipinski definition) is 3. The molecule has 0 unspecified atom stereocenters. The molecule has 4 nitrogen and oxygen atoms in total. The summed E-state index contributed by atoms with van der Waals surface area (Å²) in [5.74, 6) is -0.124. The molecule has 0 saturated carbocycles. The third kappa shape index (κ3) is 5.34. The molecule has 0 aromatic heterocycles. The van der Waals surface area contributed by atoms with Crippen LogP contribution in [0.3, 0.4) is 0 Å². The van der Waals surface area contributed by atoms with Crippen molar-refractivity contribution in [1.82, 2.24) is 5.32 Å². The Morgan fingerprint density at radius 1 is 1.13 bits per heavy atom. The first kappa shape index (κ1) is 16.9. The Kier molecular flexibility index (Phi) is 6.05. The second-order valence-electron chi connectivity index (χ2n) is 4.98. The fourth-order valence-electron chi connectivity index (χ4n) is 2.15. The summed E-state index contributed by atoms with van der Waals surface area (Å²) in [6.45, 7) is -0.292. The van der Waals surface area contributed by atoms with Crippen LogP contribution in [0.1, 0.15) is 17.2 Å². The van der Waals surface area contributed by atoms with Gasteiger partial charge in [0.2, 0.25) is 5.91 Å². The molecule has 0 saturated heterocycles. The van der Waals surface area contributed by atoms with Gasteiger partial charge in [-0.15, -0.1) is 0 Å². The van der Waals surface area contributed by atoms with Crippen LogP contribution in [-0.2, 0) is 11.3 Å². The standard InChI is InChI=1S/C17H18F2N2O2/c18-15(19)11-23-14-8-4-5-12(9-14)10-21-16(17(20)22)13-6-2-1-3-7-13/h1-9,15-16,21H,10-11H2,(H2,20,22)/t16-/m0/s1. The molecule has 122 valence electrons. The van der Waals surface area contributed by atoms with Crippen molar-refractivity contribution in [2.45, 2.75) is 19.0 Å². The lowest BCUT2D eigenvalue weighted by molar-refractivity contribution is -0.120. The van der Waals surface area contributed by atoms with Gasteiger partial charge in [-0.1, -0.05) is 42.5 Å². The second kappa shape index (κ2) is 8.24. The van der Waals surface area contributed by atoms with Gasteiger partial charge in [0.25, 0.3) is 6.43 Å². The zero-order valence-corrected chi connectivity index (χ0v) is 12.4. The Bertz CT molecular complexity index is 636. The van der Waals surface area contributed by atoms with E-state index in [4.69, 9.17) is 10.5 Å². The summed E-state index contributed by atoms with van der Waals surface area (Å²) >= 11 is 0. The molecule has 0 heterocycles. The lowest BCUT2D eigenvalue weighted by Gasteiger charge is -2.16. The average molecular weight is 320 g/mol. The number of hydrogen-bond donors (Lipinski definition) is 2. The van der Waals surface area contributed by atoms with Crippen molar-refractivity contribution < 1.29 is 18.3 Å². The molecule has 23 heavy (non-hydrogen) atoms. The molecule has 0 spiro atoms. The number of benzene rings is 2. The van der Waals surface area contributed by atoms with Crippen LogP contribution in [-0.4, -0.2) is 18.9 Å². The molecule has 2 aromatic carbocycles. The Morgan fingerprint density at radius 3 is 2.52 bits per heavy atom. The number of carbonyl (C=O) groups is 1. The number of rotatable bonds is 8. The van der Waals surface area contributed by atoms with E-state index < -0.39 is 25.0 Å². The molecule has 3 N–H and O–H groups in total. The Labute approximate surface area is 133 Å². The predicted octanol–water partition coefficient (Wildman–Crippen LogP) is 2.65. The first-order valence-electron chi connectivity index (χ1n) is 7.14. The molecular weight excluding hydrogens is 302 g/mol. The maximum Gasteiger partial charge on any atom is 0.272 e. The van der Waals surface area contributed by atoms with Gasteiger partial charge in [0.1, 0.15) is 18.4 Å². The summed E-state index contributed by atoms with van der Waals surface area (Å²) in [6, 6.07) is 15.3. The van der Waals surface area contributed by atoms with Crippen molar-refractivity contribution >= 4 is 5.91 Å². The zero-order chi connectivity index (χ0) is 16.7. The van der Waals surface area contributed by atoms with Crippen LogP contribution in [0, 0.1) is 0 Å². The van der Waals surface area contributed by atoms with Crippen molar-refractivity contribution in [3.8, 4) is 5.75 Å². The minimum Gasteiger partial charge on any atom is -0.488 e. The van der Waals surface area contributed by atoms with Crippen molar-refractivity contribution in [2.75, 3.05) is 6.61 Å². The van der Waals surface area contributed by atoms with E-state index in [1.807, 2.05) is 36.4 Å². The third-order valence-electron chi connectivity index (χ3n) is 3.20. The molecule has 0 aliphatic carbocycles. The topological polar surface area (TPSA) is 64.4 Å². The molecule has 0 fully saturated rings. The van der Waals surface area contributed by atoms with Gasteiger partial charge in [-0.2, -0.15) is 0 Å². The Morgan fingerprint density at radius 2 is 1.87 bits per heavy atom. The number of halogens is 2. The lowest BCUT2D eigenvalue weighted by atomic mass is 10.1. The van der Waals surface area contributed by atoms with Crippen LogP contribution in [0.15, 0.2) is 54.6 Å². The van der Waals surface area contributed by atoms with E-state index in [9.17, 15) is 13.6 Å². The summed E-state index contributed by atoms with van der Waals surface area (Å²) in [5, 5.41) is 3.07. The van der Waals surface area contributed by atoms with E-state index in [1.54, 1.807) is 18.2 Å². The molecule has 1 amide bonds. The van der Waals surface area contributed by atoms with Gasteiger partial charge in [-0.3, -0.25) is 10.1 Å². The van der Waals surface area contributed by atoms with E-state index in [0.29, 0.717) is 12.3 Å². The summed E-state index contributed by atoms with van der Waals surface area (Å²) in [6.07, 6.45) is -2.52. The monoisotopic (exact) mass is 320 g/mol. The molecule has 2 aromatic rings. The zero-order valence-electron chi connectivity index (χ0n) is 12.4. The summed E-state index contributed by atoms with van der Waals surface area (Å²) in [5.41, 5.74) is 7.01. The molecule has 2 rings (SSSR count). The smallest absolute Gasteiger partial charge is 0.272 e. The molecule has 0 radical (unpaired) electrons. The predicted molar refractivity (Wildman–Crippen MR) is 83.2 cm³/mol. The molecule has 6 heteroatoms. The SMILES string of the molecule is NC(=O)[C@@H](NCc1cccc(OCC(F)F)c1)c1ccccc1. The highest BCUT2D eigenvalue weighted by Crippen LogP contribution is 2.16. The van der Waals surface area contributed by atoms with Gasteiger partial charge in [-0.05, 0) is 23.3 Å². The number of carbonyl (C=O) groups excluding carboxylic acids is 1. The highest BCUT2D eigenvalue weighted by molar-refractivity contribution is 5.81. The van der Waals surface area contributed by atoms with E-state index in [1.165, 1.54) is 0 Å². The fraction of sp³-hybridized carbons (Fsp3) is 0.235. The number of amides is 1.